The summed E-state index contributed by atoms with van der Waals surface area (Å²) in [4.78, 5) is 0. The van der Waals surface area contributed by atoms with Crippen LogP contribution in [0.5, 0.6) is 0 Å². The fourth-order valence-electron chi connectivity index (χ4n) is 7.58. The predicted molar refractivity (Wildman–Crippen MR) is 204 cm³/mol. The molecule has 0 aliphatic rings. The highest BCUT2D eigenvalue weighted by atomic mass is 28.3. The Bertz CT molecular complexity index is 2510. The van der Waals surface area contributed by atoms with E-state index in [4.69, 9.17) is 0 Å². The molecule has 8 aromatic rings. The average Bonchev–Trinajstić information content (AvgIpc) is 3.52. The average molecular weight is 653 g/mol. The van der Waals surface area contributed by atoms with Crippen LogP contribution in [0, 0.1) is 34.0 Å². The van der Waals surface area contributed by atoms with Gasteiger partial charge in [-0.1, -0.05) is 121 Å². The van der Waals surface area contributed by atoms with E-state index >= 15 is 0 Å². The summed E-state index contributed by atoms with van der Waals surface area (Å²) in [5.41, 5.74) is 6.09. The SMILES string of the molecule is N#Cc1ccc2c(c1)c1cc(C#N)ccc1n2-c1cccc(C#N)c1-c1ccccc1[Si](c1ccccc1)(c1ccccc1)c1ccccc1. The maximum absolute atomic E-state index is 10.8. The maximum Gasteiger partial charge on any atom is 0.180 e. The predicted octanol–water partition coefficient (Wildman–Crippen LogP) is 7.44. The van der Waals surface area contributed by atoms with Gasteiger partial charge in [0.15, 0.2) is 8.07 Å². The second-order valence-electron chi connectivity index (χ2n) is 12.2. The van der Waals surface area contributed by atoms with Crippen molar-refractivity contribution in [3.63, 3.8) is 0 Å². The van der Waals surface area contributed by atoms with Crippen LogP contribution in [0.3, 0.4) is 0 Å². The molecule has 0 fully saturated rings. The first kappa shape index (κ1) is 30.4. The number of benzene rings is 7. The highest BCUT2D eigenvalue weighted by Crippen LogP contribution is 2.38. The summed E-state index contributed by atoms with van der Waals surface area (Å²) in [6.45, 7) is 0. The molecule has 0 saturated carbocycles. The molecule has 0 radical (unpaired) electrons. The minimum absolute atomic E-state index is 0.541. The van der Waals surface area contributed by atoms with E-state index in [-0.39, 0.29) is 0 Å². The molecule has 7 aromatic carbocycles. The summed E-state index contributed by atoms with van der Waals surface area (Å²) in [5, 5.41) is 37.0. The minimum Gasteiger partial charge on any atom is -0.309 e. The van der Waals surface area contributed by atoms with Crippen molar-refractivity contribution < 1.29 is 0 Å². The Morgan fingerprint density at radius 1 is 0.440 bits per heavy atom. The standard InChI is InChI=1S/C45H28N4Si/c46-29-32-23-25-41-39(27-32)40-28-33(30-47)24-26-42(40)49(41)43-21-12-13-34(31-48)45(43)38-20-10-11-22-44(38)50(35-14-4-1-5-15-35,36-16-6-2-7-17-36)37-18-8-3-9-19-37/h1-28H. The number of hydrogen-bond acceptors (Lipinski definition) is 3. The molecule has 4 nitrogen and oxygen atoms in total. The summed E-state index contributed by atoms with van der Waals surface area (Å²) < 4.78 is 2.18. The lowest BCUT2D eigenvalue weighted by molar-refractivity contribution is 1.18. The van der Waals surface area contributed by atoms with Crippen molar-refractivity contribution in [3.8, 4) is 35.0 Å². The van der Waals surface area contributed by atoms with E-state index in [1.807, 2.05) is 48.5 Å². The molecule has 8 rings (SSSR count). The molecular weight excluding hydrogens is 625 g/mol. The lowest BCUT2D eigenvalue weighted by atomic mass is 9.97. The molecule has 232 valence electrons. The van der Waals surface area contributed by atoms with Crippen LogP contribution >= 0.6 is 0 Å². The van der Waals surface area contributed by atoms with Crippen LogP contribution in [0.1, 0.15) is 16.7 Å². The van der Waals surface area contributed by atoms with Crippen molar-refractivity contribution in [1.29, 1.82) is 15.8 Å². The number of rotatable bonds is 6. The van der Waals surface area contributed by atoms with Crippen LogP contribution in [-0.2, 0) is 0 Å². The maximum atomic E-state index is 10.8. The fraction of sp³-hybridized carbons (Fsp3) is 0. The van der Waals surface area contributed by atoms with Crippen molar-refractivity contribution in [1.82, 2.24) is 4.57 Å². The number of nitriles is 3. The van der Waals surface area contributed by atoms with E-state index in [1.54, 1.807) is 0 Å². The van der Waals surface area contributed by atoms with Gasteiger partial charge in [-0.05, 0) is 74.8 Å². The van der Waals surface area contributed by atoms with Gasteiger partial charge in [0.2, 0.25) is 0 Å². The van der Waals surface area contributed by atoms with E-state index < -0.39 is 8.07 Å². The van der Waals surface area contributed by atoms with E-state index in [0.29, 0.717) is 16.7 Å². The van der Waals surface area contributed by atoms with E-state index in [2.05, 4.69) is 144 Å². The zero-order chi connectivity index (χ0) is 34.1. The van der Waals surface area contributed by atoms with Crippen molar-refractivity contribution in [2.24, 2.45) is 0 Å². The quantitative estimate of drug-likeness (QED) is 0.138. The molecule has 0 unspecified atom stereocenters. The van der Waals surface area contributed by atoms with Gasteiger partial charge in [0.1, 0.15) is 0 Å². The van der Waals surface area contributed by atoms with Crippen molar-refractivity contribution >= 4 is 50.6 Å². The molecule has 1 aromatic heterocycles. The summed E-state index contributed by atoms with van der Waals surface area (Å²) in [5.74, 6) is 0. The van der Waals surface area contributed by atoms with Crippen LogP contribution in [0.2, 0.25) is 0 Å². The highest BCUT2D eigenvalue weighted by Gasteiger charge is 2.43. The number of fused-ring (bicyclic) bond motifs is 3. The first-order valence-electron chi connectivity index (χ1n) is 16.4. The zero-order valence-electron chi connectivity index (χ0n) is 27.0. The summed E-state index contributed by atoms with van der Waals surface area (Å²) in [7, 11) is -2.99. The van der Waals surface area contributed by atoms with E-state index in [0.717, 1.165) is 38.6 Å². The first-order valence-corrected chi connectivity index (χ1v) is 18.4. The highest BCUT2D eigenvalue weighted by molar-refractivity contribution is 7.20. The monoisotopic (exact) mass is 652 g/mol. The molecule has 0 saturated heterocycles. The zero-order valence-corrected chi connectivity index (χ0v) is 28.0. The van der Waals surface area contributed by atoms with Gasteiger partial charge < -0.3 is 4.57 Å². The second-order valence-corrected chi connectivity index (χ2v) is 16.0. The Morgan fingerprint density at radius 2 is 0.920 bits per heavy atom. The van der Waals surface area contributed by atoms with Gasteiger partial charge in [-0.2, -0.15) is 15.8 Å². The third-order valence-electron chi connectivity index (χ3n) is 9.65. The third kappa shape index (κ3) is 4.72. The smallest absolute Gasteiger partial charge is 0.180 e. The number of nitrogens with zero attached hydrogens (tertiary/aromatic N) is 4. The van der Waals surface area contributed by atoms with Gasteiger partial charge >= 0.3 is 0 Å². The molecule has 1 heterocycles. The molecule has 0 N–H and O–H groups in total. The normalized spacial score (nSPS) is 11.1. The molecule has 0 spiro atoms. The lowest BCUT2D eigenvalue weighted by Gasteiger charge is -2.36. The first-order chi connectivity index (χ1) is 24.7. The molecule has 0 atom stereocenters. The van der Waals surface area contributed by atoms with Crippen LogP contribution in [0.4, 0.5) is 0 Å². The Labute approximate surface area is 291 Å². The summed E-state index contributed by atoms with van der Waals surface area (Å²) >= 11 is 0. The molecular formula is C45H28N4Si. The Kier molecular flexibility index (Phi) is 7.63. The van der Waals surface area contributed by atoms with Gasteiger partial charge in [0.25, 0.3) is 0 Å². The van der Waals surface area contributed by atoms with Gasteiger partial charge in [-0.3, -0.25) is 0 Å². The van der Waals surface area contributed by atoms with Crippen LogP contribution in [0.15, 0.2) is 170 Å². The largest absolute Gasteiger partial charge is 0.309 e. The van der Waals surface area contributed by atoms with Crippen molar-refractivity contribution in [2.45, 2.75) is 0 Å². The minimum atomic E-state index is -2.99. The van der Waals surface area contributed by atoms with Crippen molar-refractivity contribution in [3.05, 3.63) is 187 Å². The van der Waals surface area contributed by atoms with Crippen LogP contribution < -0.4 is 20.7 Å². The topological polar surface area (TPSA) is 76.3 Å². The second kappa shape index (κ2) is 12.6. The molecule has 0 bridgehead atoms. The number of hydrogen-bond donors (Lipinski definition) is 0. The van der Waals surface area contributed by atoms with E-state index in [9.17, 15) is 15.8 Å². The lowest BCUT2D eigenvalue weighted by Crippen LogP contribution is -2.75. The van der Waals surface area contributed by atoms with Gasteiger partial charge in [0, 0.05) is 16.3 Å². The fourth-order valence-corrected chi connectivity index (χ4v) is 12.6. The molecule has 0 amide bonds. The molecule has 0 aliphatic heterocycles. The summed E-state index contributed by atoms with van der Waals surface area (Å²) in [6.07, 6.45) is 0. The van der Waals surface area contributed by atoms with Gasteiger partial charge in [-0.25, -0.2) is 0 Å². The Hall–Kier alpha value is -6.97. The summed E-state index contributed by atoms with van der Waals surface area (Å²) in [6, 6.07) is 65.2. The molecule has 50 heavy (non-hydrogen) atoms. The van der Waals surface area contributed by atoms with Gasteiger partial charge in [-0.15, -0.1) is 0 Å². The van der Waals surface area contributed by atoms with E-state index in [1.165, 1.54) is 20.7 Å². The van der Waals surface area contributed by atoms with Crippen LogP contribution in [-0.4, -0.2) is 12.6 Å². The van der Waals surface area contributed by atoms with Crippen molar-refractivity contribution in [2.75, 3.05) is 0 Å². The van der Waals surface area contributed by atoms with Gasteiger partial charge in [0.05, 0.1) is 51.6 Å². The number of aromatic nitrogens is 1. The third-order valence-corrected chi connectivity index (χ3v) is 14.5. The Balaban J connectivity index is 1.53. The Morgan fingerprint density at radius 3 is 1.40 bits per heavy atom. The van der Waals surface area contributed by atoms with Crippen LogP contribution in [0.25, 0.3) is 38.6 Å². The molecule has 0 aliphatic carbocycles. The molecule has 5 heteroatoms.